The van der Waals surface area contributed by atoms with Gasteiger partial charge in [0.1, 0.15) is 5.75 Å². The van der Waals surface area contributed by atoms with Gasteiger partial charge in [-0.15, -0.1) is 0 Å². The Morgan fingerprint density at radius 3 is 2.35 bits per heavy atom. The third-order valence-corrected chi connectivity index (χ3v) is 5.18. The lowest BCUT2D eigenvalue weighted by atomic mass is 10.2. The predicted molar refractivity (Wildman–Crippen MR) is 107 cm³/mol. The number of benzene rings is 2. The Labute approximate surface area is 168 Å². The summed E-state index contributed by atoms with van der Waals surface area (Å²) in [7, 11) is 0. The van der Waals surface area contributed by atoms with Gasteiger partial charge < -0.3 is 14.5 Å². The van der Waals surface area contributed by atoms with E-state index in [0.29, 0.717) is 28.9 Å². The summed E-state index contributed by atoms with van der Waals surface area (Å²) in [6, 6.07) is 12.7. The molecule has 4 nitrogen and oxygen atoms in total. The molecule has 0 aromatic heterocycles. The average Bonchev–Trinajstić information content (AvgIpc) is 2.64. The number of halogens is 3. The van der Waals surface area contributed by atoms with Crippen molar-refractivity contribution >= 4 is 46.4 Å². The van der Waals surface area contributed by atoms with E-state index in [0.717, 1.165) is 23.8 Å². The SMILES string of the molecule is CC(Oc1ccc(Cl)cc1Cl)C(=O)N1CCN(c2ccccc2Cl)CC1. The van der Waals surface area contributed by atoms with E-state index in [-0.39, 0.29) is 5.91 Å². The monoisotopic (exact) mass is 412 g/mol. The molecule has 1 amide bonds. The molecule has 1 unspecified atom stereocenters. The number of anilines is 1. The van der Waals surface area contributed by atoms with Crippen LogP contribution in [0, 0.1) is 0 Å². The van der Waals surface area contributed by atoms with Crippen molar-refractivity contribution in [1.29, 1.82) is 0 Å². The summed E-state index contributed by atoms with van der Waals surface area (Å²) in [5.74, 6) is 0.390. The molecular weight excluding hydrogens is 395 g/mol. The van der Waals surface area contributed by atoms with E-state index in [1.165, 1.54) is 0 Å². The number of carbonyl (C=O) groups is 1. The Morgan fingerprint density at radius 1 is 1.00 bits per heavy atom. The highest BCUT2D eigenvalue weighted by molar-refractivity contribution is 6.35. The zero-order valence-corrected chi connectivity index (χ0v) is 16.6. The first-order chi connectivity index (χ1) is 12.5. The Hall–Kier alpha value is -1.62. The van der Waals surface area contributed by atoms with Crippen LogP contribution >= 0.6 is 34.8 Å². The van der Waals surface area contributed by atoms with E-state index in [2.05, 4.69) is 4.90 Å². The van der Waals surface area contributed by atoms with E-state index in [1.807, 2.05) is 29.2 Å². The van der Waals surface area contributed by atoms with Gasteiger partial charge in [0, 0.05) is 31.2 Å². The first-order valence-corrected chi connectivity index (χ1v) is 9.49. The summed E-state index contributed by atoms with van der Waals surface area (Å²) in [4.78, 5) is 16.7. The third kappa shape index (κ3) is 4.37. The van der Waals surface area contributed by atoms with E-state index in [4.69, 9.17) is 39.5 Å². The van der Waals surface area contributed by atoms with Gasteiger partial charge in [-0.1, -0.05) is 46.9 Å². The van der Waals surface area contributed by atoms with Gasteiger partial charge in [-0.25, -0.2) is 0 Å². The minimum atomic E-state index is -0.625. The number of para-hydroxylation sites is 1. The van der Waals surface area contributed by atoms with Gasteiger partial charge in [-0.2, -0.15) is 0 Å². The van der Waals surface area contributed by atoms with E-state index >= 15 is 0 Å². The summed E-state index contributed by atoms with van der Waals surface area (Å²) in [5, 5.41) is 1.64. The smallest absolute Gasteiger partial charge is 0.263 e. The topological polar surface area (TPSA) is 32.8 Å². The molecule has 1 saturated heterocycles. The van der Waals surface area contributed by atoms with E-state index < -0.39 is 6.10 Å². The van der Waals surface area contributed by atoms with Crippen LogP contribution in [-0.4, -0.2) is 43.1 Å². The maximum Gasteiger partial charge on any atom is 0.263 e. The second-order valence-electron chi connectivity index (χ2n) is 6.10. The molecule has 0 bridgehead atoms. The molecule has 26 heavy (non-hydrogen) atoms. The number of rotatable bonds is 4. The molecule has 0 spiro atoms. The summed E-state index contributed by atoms with van der Waals surface area (Å²) in [6.45, 7) is 4.42. The molecule has 0 saturated carbocycles. The van der Waals surface area contributed by atoms with Gasteiger partial charge in [0.05, 0.1) is 15.7 Å². The van der Waals surface area contributed by atoms with Crippen LogP contribution in [0.4, 0.5) is 5.69 Å². The van der Waals surface area contributed by atoms with Crippen molar-refractivity contribution in [2.45, 2.75) is 13.0 Å². The number of hydrogen-bond acceptors (Lipinski definition) is 3. The minimum absolute atomic E-state index is 0.0603. The van der Waals surface area contributed by atoms with Gasteiger partial charge in [0.15, 0.2) is 6.10 Å². The van der Waals surface area contributed by atoms with Crippen LogP contribution in [0.2, 0.25) is 15.1 Å². The maximum atomic E-state index is 12.7. The van der Waals surface area contributed by atoms with Crippen LogP contribution < -0.4 is 9.64 Å². The van der Waals surface area contributed by atoms with Gasteiger partial charge in [0.2, 0.25) is 0 Å². The first kappa shape index (κ1) is 19.2. The van der Waals surface area contributed by atoms with Crippen LogP contribution in [-0.2, 0) is 4.79 Å². The summed E-state index contributed by atoms with van der Waals surface area (Å²) >= 11 is 18.3. The molecule has 1 atom stereocenters. The lowest BCUT2D eigenvalue weighted by molar-refractivity contribution is -0.138. The van der Waals surface area contributed by atoms with Crippen LogP contribution in [0.1, 0.15) is 6.92 Å². The number of nitrogens with zero attached hydrogens (tertiary/aromatic N) is 2. The molecular formula is C19H19Cl3N2O2. The fourth-order valence-electron chi connectivity index (χ4n) is 2.94. The highest BCUT2D eigenvalue weighted by atomic mass is 35.5. The minimum Gasteiger partial charge on any atom is -0.479 e. The summed E-state index contributed by atoms with van der Waals surface area (Å²) < 4.78 is 5.73. The third-order valence-electron chi connectivity index (χ3n) is 4.33. The average molecular weight is 414 g/mol. The molecule has 0 radical (unpaired) electrons. The lowest BCUT2D eigenvalue weighted by Gasteiger charge is -2.37. The summed E-state index contributed by atoms with van der Waals surface area (Å²) in [5.41, 5.74) is 0.999. The molecule has 0 aliphatic carbocycles. The number of ether oxygens (including phenoxy) is 1. The largest absolute Gasteiger partial charge is 0.479 e. The molecule has 2 aromatic carbocycles. The van der Waals surface area contributed by atoms with Gasteiger partial charge in [0.25, 0.3) is 5.91 Å². The van der Waals surface area contributed by atoms with Crippen LogP contribution in [0.15, 0.2) is 42.5 Å². The predicted octanol–water partition coefficient (Wildman–Crippen LogP) is 4.76. The van der Waals surface area contributed by atoms with Crippen molar-refractivity contribution in [2.24, 2.45) is 0 Å². The fourth-order valence-corrected chi connectivity index (χ4v) is 3.65. The normalized spacial score (nSPS) is 15.7. The quantitative estimate of drug-likeness (QED) is 0.724. The molecule has 1 fully saturated rings. The molecule has 7 heteroatoms. The fraction of sp³-hybridized carbons (Fsp3) is 0.316. The summed E-state index contributed by atoms with van der Waals surface area (Å²) in [6.07, 6.45) is -0.625. The highest BCUT2D eigenvalue weighted by Crippen LogP contribution is 2.29. The highest BCUT2D eigenvalue weighted by Gasteiger charge is 2.27. The van der Waals surface area contributed by atoms with Gasteiger partial charge in [-0.3, -0.25) is 4.79 Å². The van der Waals surface area contributed by atoms with Crippen molar-refractivity contribution in [3.05, 3.63) is 57.5 Å². The van der Waals surface area contributed by atoms with Crippen LogP contribution in [0.25, 0.3) is 0 Å². The standard InChI is InChI=1S/C19H19Cl3N2O2/c1-13(26-18-7-6-14(20)12-16(18)22)19(25)24-10-8-23(9-11-24)17-5-3-2-4-15(17)21/h2-7,12-13H,8-11H2,1H3. The zero-order valence-electron chi connectivity index (χ0n) is 14.3. The Balaban J connectivity index is 1.58. The van der Waals surface area contributed by atoms with E-state index in [9.17, 15) is 4.79 Å². The Bertz CT molecular complexity index is 792. The van der Waals surface area contributed by atoms with Crippen LogP contribution in [0.3, 0.4) is 0 Å². The number of piperazine rings is 1. The second kappa shape index (κ2) is 8.38. The Morgan fingerprint density at radius 2 is 1.69 bits per heavy atom. The number of amides is 1. The Kier molecular flexibility index (Phi) is 6.17. The van der Waals surface area contributed by atoms with Gasteiger partial charge >= 0.3 is 0 Å². The lowest BCUT2D eigenvalue weighted by Crippen LogP contribution is -2.52. The molecule has 1 aliphatic rings. The first-order valence-electron chi connectivity index (χ1n) is 8.35. The number of carbonyl (C=O) groups excluding carboxylic acids is 1. The van der Waals surface area contributed by atoms with Gasteiger partial charge in [-0.05, 0) is 37.3 Å². The molecule has 3 rings (SSSR count). The molecule has 138 valence electrons. The van der Waals surface area contributed by atoms with Crippen LogP contribution in [0.5, 0.6) is 5.75 Å². The van der Waals surface area contributed by atoms with Crippen molar-refractivity contribution in [2.75, 3.05) is 31.1 Å². The molecule has 1 heterocycles. The maximum absolute atomic E-state index is 12.7. The second-order valence-corrected chi connectivity index (χ2v) is 7.35. The number of hydrogen-bond donors (Lipinski definition) is 0. The van der Waals surface area contributed by atoms with Crippen molar-refractivity contribution in [1.82, 2.24) is 4.90 Å². The van der Waals surface area contributed by atoms with E-state index in [1.54, 1.807) is 25.1 Å². The van der Waals surface area contributed by atoms with Crippen molar-refractivity contribution in [3.8, 4) is 5.75 Å². The molecule has 2 aromatic rings. The molecule has 0 N–H and O–H groups in total. The van der Waals surface area contributed by atoms with Crippen molar-refractivity contribution < 1.29 is 9.53 Å². The van der Waals surface area contributed by atoms with Crippen molar-refractivity contribution in [3.63, 3.8) is 0 Å². The molecule has 1 aliphatic heterocycles. The zero-order chi connectivity index (χ0) is 18.7.